The van der Waals surface area contributed by atoms with Crippen LogP contribution < -0.4 is 10.6 Å². The molecular formula is C12H10ClN3O2S. The number of benzene rings is 1. The van der Waals surface area contributed by atoms with E-state index in [0.717, 1.165) is 0 Å². The van der Waals surface area contributed by atoms with Crippen LogP contribution in [0.3, 0.4) is 0 Å². The Morgan fingerprint density at radius 2 is 1.89 bits per heavy atom. The third-order valence-electron chi connectivity index (χ3n) is 2.12. The number of halogens is 1. The van der Waals surface area contributed by atoms with Gasteiger partial charge in [-0.2, -0.15) is 0 Å². The minimum atomic E-state index is -0.338. The lowest BCUT2D eigenvalue weighted by Gasteiger charge is -2.02. The van der Waals surface area contributed by atoms with Gasteiger partial charge >= 0.3 is 0 Å². The smallest absolute Gasteiger partial charge is 0.275 e. The van der Waals surface area contributed by atoms with E-state index in [2.05, 4.69) is 15.6 Å². The molecule has 1 heterocycles. The number of carbonyl (C=O) groups is 2. The number of nitrogens with one attached hydrogen (secondary N) is 2. The van der Waals surface area contributed by atoms with E-state index in [1.54, 1.807) is 29.6 Å². The lowest BCUT2D eigenvalue weighted by molar-refractivity contribution is -0.114. The molecule has 0 radical (unpaired) electrons. The van der Waals surface area contributed by atoms with Gasteiger partial charge in [0, 0.05) is 23.0 Å². The first kappa shape index (κ1) is 13.5. The molecular weight excluding hydrogens is 286 g/mol. The summed E-state index contributed by atoms with van der Waals surface area (Å²) in [6.07, 6.45) is 0. The Balaban J connectivity index is 2.05. The zero-order valence-electron chi connectivity index (χ0n) is 9.94. The molecule has 0 fully saturated rings. The second-order valence-electron chi connectivity index (χ2n) is 3.68. The Bertz CT molecular complexity index is 610. The van der Waals surface area contributed by atoms with Gasteiger partial charge in [0.2, 0.25) is 5.91 Å². The molecule has 0 spiro atoms. The van der Waals surface area contributed by atoms with E-state index < -0.39 is 0 Å². The number of nitrogens with zero attached hydrogens (tertiary/aromatic N) is 1. The van der Waals surface area contributed by atoms with Gasteiger partial charge in [0.1, 0.15) is 5.69 Å². The maximum absolute atomic E-state index is 11.9. The summed E-state index contributed by atoms with van der Waals surface area (Å²) in [6, 6.07) is 6.75. The molecule has 19 heavy (non-hydrogen) atoms. The molecule has 0 saturated heterocycles. The molecule has 0 atom stereocenters. The van der Waals surface area contributed by atoms with Crippen molar-refractivity contribution < 1.29 is 9.59 Å². The summed E-state index contributed by atoms with van der Waals surface area (Å²) in [4.78, 5) is 26.8. The van der Waals surface area contributed by atoms with Gasteiger partial charge in [0.15, 0.2) is 5.13 Å². The summed E-state index contributed by atoms with van der Waals surface area (Å²) in [6.45, 7) is 1.38. The van der Waals surface area contributed by atoms with Crippen molar-refractivity contribution in [2.45, 2.75) is 6.92 Å². The average molecular weight is 296 g/mol. The van der Waals surface area contributed by atoms with Crippen LogP contribution >= 0.6 is 22.9 Å². The van der Waals surface area contributed by atoms with Crippen molar-refractivity contribution in [2.75, 3.05) is 10.6 Å². The largest absolute Gasteiger partial charge is 0.321 e. The molecule has 0 bridgehead atoms. The minimum Gasteiger partial charge on any atom is -0.321 e. The Labute approximate surface area is 118 Å². The van der Waals surface area contributed by atoms with Gasteiger partial charge in [-0.3, -0.25) is 9.59 Å². The van der Waals surface area contributed by atoms with Crippen molar-refractivity contribution >= 4 is 45.6 Å². The van der Waals surface area contributed by atoms with E-state index in [9.17, 15) is 9.59 Å². The first-order chi connectivity index (χ1) is 9.04. The molecule has 0 aliphatic rings. The van der Waals surface area contributed by atoms with Gasteiger partial charge in [-0.25, -0.2) is 4.98 Å². The van der Waals surface area contributed by atoms with E-state index >= 15 is 0 Å². The standard InChI is InChI=1S/C12H10ClN3O2S/c1-7(17)14-12-16-10(6-19-12)11(18)15-9-4-2-8(13)3-5-9/h2-6H,1H3,(H,15,18)(H,14,16,17). The summed E-state index contributed by atoms with van der Waals surface area (Å²) in [7, 11) is 0. The fourth-order valence-corrected chi connectivity index (χ4v) is 2.18. The summed E-state index contributed by atoms with van der Waals surface area (Å²) >= 11 is 6.95. The quantitative estimate of drug-likeness (QED) is 0.914. The van der Waals surface area contributed by atoms with Crippen LogP contribution in [0, 0.1) is 0 Å². The highest BCUT2D eigenvalue weighted by atomic mass is 35.5. The van der Waals surface area contributed by atoms with Crippen LogP contribution in [0.5, 0.6) is 0 Å². The van der Waals surface area contributed by atoms with Crippen molar-refractivity contribution in [3.05, 3.63) is 40.4 Å². The molecule has 5 nitrogen and oxygen atoms in total. The summed E-state index contributed by atoms with van der Waals surface area (Å²) in [5.41, 5.74) is 0.882. The van der Waals surface area contributed by atoms with Crippen LogP contribution in [0.4, 0.5) is 10.8 Å². The van der Waals surface area contributed by atoms with Gasteiger partial charge in [0.05, 0.1) is 0 Å². The molecule has 2 amide bonds. The monoisotopic (exact) mass is 295 g/mol. The molecule has 1 aromatic heterocycles. The highest BCUT2D eigenvalue weighted by Gasteiger charge is 2.11. The number of thiazole rings is 1. The number of hydrogen-bond donors (Lipinski definition) is 2. The first-order valence-electron chi connectivity index (χ1n) is 5.34. The van der Waals surface area contributed by atoms with Crippen LogP contribution in [0.2, 0.25) is 5.02 Å². The van der Waals surface area contributed by atoms with E-state index in [4.69, 9.17) is 11.6 Å². The van der Waals surface area contributed by atoms with Crippen LogP contribution in [0.1, 0.15) is 17.4 Å². The van der Waals surface area contributed by atoms with Gasteiger partial charge in [0.25, 0.3) is 5.91 Å². The molecule has 0 aliphatic carbocycles. The number of amides is 2. The van der Waals surface area contributed by atoms with Crippen LogP contribution in [0.25, 0.3) is 0 Å². The fraction of sp³-hybridized carbons (Fsp3) is 0.0833. The number of anilines is 2. The first-order valence-corrected chi connectivity index (χ1v) is 6.60. The minimum absolute atomic E-state index is 0.223. The maximum Gasteiger partial charge on any atom is 0.275 e. The highest BCUT2D eigenvalue weighted by molar-refractivity contribution is 7.14. The van der Waals surface area contributed by atoms with E-state index in [-0.39, 0.29) is 17.5 Å². The molecule has 7 heteroatoms. The SMILES string of the molecule is CC(=O)Nc1nc(C(=O)Nc2ccc(Cl)cc2)cs1. The summed E-state index contributed by atoms with van der Waals surface area (Å²) in [5, 5.41) is 7.78. The van der Waals surface area contributed by atoms with E-state index in [1.807, 2.05) is 0 Å². The van der Waals surface area contributed by atoms with E-state index in [1.165, 1.54) is 18.3 Å². The van der Waals surface area contributed by atoms with Gasteiger partial charge in [-0.1, -0.05) is 11.6 Å². The molecule has 0 aliphatic heterocycles. The molecule has 2 rings (SSSR count). The second-order valence-corrected chi connectivity index (χ2v) is 4.97. The maximum atomic E-state index is 11.9. The number of rotatable bonds is 3. The summed E-state index contributed by atoms with van der Waals surface area (Å²) in [5.74, 6) is -0.561. The van der Waals surface area contributed by atoms with E-state index in [0.29, 0.717) is 15.8 Å². The number of hydrogen-bond acceptors (Lipinski definition) is 4. The molecule has 2 N–H and O–H groups in total. The third-order valence-corrected chi connectivity index (χ3v) is 3.13. The third kappa shape index (κ3) is 3.77. The van der Waals surface area contributed by atoms with Crippen molar-refractivity contribution in [1.29, 1.82) is 0 Å². The lowest BCUT2D eigenvalue weighted by atomic mass is 10.3. The van der Waals surface area contributed by atoms with Crippen LogP contribution in [-0.4, -0.2) is 16.8 Å². The van der Waals surface area contributed by atoms with Gasteiger partial charge < -0.3 is 10.6 Å². The Hall–Kier alpha value is -1.92. The molecule has 0 unspecified atom stereocenters. The highest BCUT2D eigenvalue weighted by Crippen LogP contribution is 2.18. The predicted octanol–water partition coefficient (Wildman–Crippen LogP) is 3.01. The average Bonchev–Trinajstić information content (AvgIpc) is 2.80. The molecule has 98 valence electrons. The normalized spacial score (nSPS) is 10.0. The van der Waals surface area contributed by atoms with Crippen molar-refractivity contribution in [2.24, 2.45) is 0 Å². The van der Waals surface area contributed by atoms with Crippen LogP contribution in [0.15, 0.2) is 29.6 Å². The zero-order chi connectivity index (χ0) is 13.8. The van der Waals surface area contributed by atoms with Gasteiger partial charge in [-0.15, -0.1) is 11.3 Å². The summed E-state index contributed by atoms with van der Waals surface area (Å²) < 4.78 is 0. The van der Waals surface area contributed by atoms with Crippen molar-refractivity contribution in [1.82, 2.24) is 4.98 Å². The zero-order valence-corrected chi connectivity index (χ0v) is 11.5. The fourth-order valence-electron chi connectivity index (χ4n) is 1.31. The Kier molecular flexibility index (Phi) is 4.13. The second kappa shape index (κ2) is 5.81. The van der Waals surface area contributed by atoms with Crippen LogP contribution in [-0.2, 0) is 4.79 Å². The molecule has 1 aromatic carbocycles. The number of aromatic nitrogens is 1. The predicted molar refractivity (Wildman–Crippen MR) is 75.8 cm³/mol. The lowest BCUT2D eigenvalue weighted by Crippen LogP contribution is -2.13. The number of carbonyl (C=O) groups excluding carboxylic acids is 2. The Morgan fingerprint density at radius 3 is 2.53 bits per heavy atom. The molecule has 0 saturated carbocycles. The molecule has 2 aromatic rings. The topological polar surface area (TPSA) is 71.1 Å². The van der Waals surface area contributed by atoms with Gasteiger partial charge in [-0.05, 0) is 24.3 Å². The van der Waals surface area contributed by atoms with Crippen molar-refractivity contribution in [3.8, 4) is 0 Å². The van der Waals surface area contributed by atoms with Crippen molar-refractivity contribution in [3.63, 3.8) is 0 Å². The Morgan fingerprint density at radius 1 is 1.21 bits per heavy atom.